The van der Waals surface area contributed by atoms with Gasteiger partial charge >= 0.3 is 0 Å². The lowest BCUT2D eigenvalue weighted by Gasteiger charge is -2.07. The van der Waals surface area contributed by atoms with E-state index in [9.17, 15) is 9.18 Å². The van der Waals surface area contributed by atoms with E-state index in [1.807, 2.05) is 0 Å². The summed E-state index contributed by atoms with van der Waals surface area (Å²) in [5.41, 5.74) is 0.728. The summed E-state index contributed by atoms with van der Waals surface area (Å²) in [7, 11) is 0. The van der Waals surface area contributed by atoms with E-state index in [1.54, 1.807) is 24.4 Å². The molecule has 0 bridgehead atoms. The van der Waals surface area contributed by atoms with Crippen molar-refractivity contribution in [2.75, 3.05) is 0 Å². The molecule has 0 aliphatic carbocycles. The van der Waals surface area contributed by atoms with Gasteiger partial charge in [-0.25, -0.2) is 4.39 Å². The Hall–Kier alpha value is -2.20. The molecule has 0 spiro atoms. The standard InChI is InChI=1S/C14H8ClFN2O/c15-8-1-2-9(13(16)5-8)12-7-18-14(19)10-3-4-17-6-11(10)12/h1-7H,(H,18,19). The Bertz CT molecular complexity index is 829. The van der Waals surface area contributed by atoms with Gasteiger partial charge in [-0.15, -0.1) is 0 Å². The molecule has 94 valence electrons. The highest BCUT2D eigenvalue weighted by atomic mass is 35.5. The summed E-state index contributed by atoms with van der Waals surface area (Å²) in [5.74, 6) is -0.440. The third-order valence-corrected chi connectivity index (χ3v) is 3.16. The van der Waals surface area contributed by atoms with Gasteiger partial charge < -0.3 is 4.98 Å². The summed E-state index contributed by atoms with van der Waals surface area (Å²) in [6, 6.07) is 6.03. The lowest BCUT2D eigenvalue weighted by molar-refractivity contribution is 0.631. The minimum Gasteiger partial charge on any atom is -0.328 e. The summed E-state index contributed by atoms with van der Waals surface area (Å²) in [6.45, 7) is 0. The van der Waals surface area contributed by atoms with Crippen molar-refractivity contribution in [3.8, 4) is 11.1 Å². The molecule has 3 rings (SSSR count). The number of fused-ring (bicyclic) bond motifs is 1. The number of pyridine rings is 2. The van der Waals surface area contributed by atoms with E-state index in [0.29, 0.717) is 26.9 Å². The normalized spacial score (nSPS) is 10.8. The molecule has 0 aliphatic rings. The van der Waals surface area contributed by atoms with Crippen LogP contribution in [0, 0.1) is 5.82 Å². The number of nitrogens with zero attached hydrogens (tertiary/aromatic N) is 1. The third kappa shape index (κ3) is 2.00. The highest BCUT2D eigenvalue weighted by molar-refractivity contribution is 6.30. The van der Waals surface area contributed by atoms with Crippen LogP contribution in [0.5, 0.6) is 0 Å². The van der Waals surface area contributed by atoms with Crippen molar-refractivity contribution in [1.29, 1.82) is 0 Å². The zero-order valence-corrected chi connectivity index (χ0v) is 10.4. The molecule has 0 unspecified atom stereocenters. The Labute approximate surface area is 112 Å². The molecular formula is C14H8ClFN2O. The van der Waals surface area contributed by atoms with Crippen molar-refractivity contribution in [3.63, 3.8) is 0 Å². The second kappa shape index (κ2) is 4.48. The first kappa shape index (κ1) is 11.9. The number of hydrogen-bond donors (Lipinski definition) is 1. The third-order valence-electron chi connectivity index (χ3n) is 2.92. The van der Waals surface area contributed by atoms with Gasteiger partial charge in [0, 0.05) is 40.1 Å². The maximum Gasteiger partial charge on any atom is 0.255 e. The van der Waals surface area contributed by atoms with Gasteiger partial charge in [0.1, 0.15) is 5.82 Å². The van der Waals surface area contributed by atoms with Gasteiger partial charge in [-0.1, -0.05) is 11.6 Å². The Morgan fingerprint density at radius 3 is 2.79 bits per heavy atom. The molecule has 3 aromatic rings. The summed E-state index contributed by atoms with van der Waals surface area (Å²) in [4.78, 5) is 18.3. The molecule has 0 saturated heterocycles. The maximum atomic E-state index is 14.0. The Morgan fingerprint density at radius 1 is 1.16 bits per heavy atom. The van der Waals surface area contributed by atoms with Crippen LogP contribution in [0.4, 0.5) is 4.39 Å². The monoisotopic (exact) mass is 274 g/mol. The molecule has 19 heavy (non-hydrogen) atoms. The summed E-state index contributed by atoms with van der Waals surface area (Å²) in [5, 5.41) is 1.41. The lowest BCUT2D eigenvalue weighted by atomic mass is 10.0. The smallest absolute Gasteiger partial charge is 0.255 e. The minimum absolute atomic E-state index is 0.226. The van der Waals surface area contributed by atoms with E-state index >= 15 is 0 Å². The molecule has 5 heteroatoms. The van der Waals surface area contributed by atoms with Crippen molar-refractivity contribution in [2.24, 2.45) is 0 Å². The summed E-state index contributed by atoms with van der Waals surface area (Å²) >= 11 is 5.74. The number of halogens is 2. The van der Waals surface area contributed by atoms with E-state index in [1.165, 1.54) is 18.5 Å². The number of nitrogens with one attached hydrogen (secondary N) is 1. The van der Waals surface area contributed by atoms with Crippen molar-refractivity contribution in [1.82, 2.24) is 9.97 Å². The first-order chi connectivity index (χ1) is 9.16. The molecule has 2 aromatic heterocycles. The molecule has 0 saturated carbocycles. The van der Waals surface area contributed by atoms with Gasteiger partial charge in [-0.3, -0.25) is 9.78 Å². The highest BCUT2D eigenvalue weighted by Crippen LogP contribution is 2.29. The highest BCUT2D eigenvalue weighted by Gasteiger charge is 2.11. The van der Waals surface area contributed by atoms with Crippen LogP contribution in [0.2, 0.25) is 5.02 Å². The SMILES string of the molecule is O=c1[nH]cc(-c2ccc(Cl)cc2F)c2cnccc12. The van der Waals surface area contributed by atoms with Gasteiger partial charge in [-0.05, 0) is 24.3 Å². The second-order valence-corrected chi connectivity index (χ2v) is 4.51. The van der Waals surface area contributed by atoms with Crippen LogP contribution in [0.25, 0.3) is 21.9 Å². The molecule has 2 heterocycles. The van der Waals surface area contributed by atoms with Gasteiger partial charge in [0.25, 0.3) is 5.56 Å². The Kier molecular flexibility index (Phi) is 2.80. The summed E-state index contributed by atoms with van der Waals surface area (Å²) in [6.07, 6.45) is 4.56. The fraction of sp³-hybridized carbons (Fsp3) is 0. The van der Waals surface area contributed by atoms with Gasteiger partial charge in [0.15, 0.2) is 0 Å². The Morgan fingerprint density at radius 2 is 2.00 bits per heavy atom. The molecule has 1 aromatic carbocycles. The first-order valence-corrected chi connectivity index (χ1v) is 5.95. The molecule has 0 aliphatic heterocycles. The molecular weight excluding hydrogens is 267 g/mol. The number of H-pyrrole nitrogens is 1. The molecule has 0 atom stereocenters. The topological polar surface area (TPSA) is 45.8 Å². The number of aromatic amines is 1. The predicted molar refractivity (Wildman–Crippen MR) is 72.8 cm³/mol. The van der Waals surface area contributed by atoms with Crippen LogP contribution < -0.4 is 5.56 Å². The summed E-state index contributed by atoms with van der Waals surface area (Å²) < 4.78 is 14.0. The van der Waals surface area contributed by atoms with Gasteiger partial charge in [0.05, 0.1) is 5.39 Å². The first-order valence-electron chi connectivity index (χ1n) is 5.57. The van der Waals surface area contributed by atoms with Crippen LogP contribution in [0.3, 0.4) is 0 Å². The van der Waals surface area contributed by atoms with E-state index < -0.39 is 5.82 Å². The number of aromatic nitrogens is 2. The second-order valence-electron chi connectivity index (χ2n) is 4.08. The average Bonchev–Trinajstić information content (AvgIpc) is 2.41. The van der Waals surface area contributed by atoms with Crippen LogP contribution >= 0.6 is 11.6 Å². The lowest BCUT2D eigenvalue weighted by Crippen LogP contribution is -2.06. The van der Waals surface area contributed by atoms with Crippen LogP contribution in [-0.2, 0) is 0 Å². The van der Waals surface area contributed by atoms with E-state index in [-0.39, 0.29) is 5.56 Å². The molecule has 0 amide bonds. The number of benzene rings is 1. The average molecular weight is 275 g/mol. The van der Waals surface area contributed by atoms with Crippen LogP contribution in [0.15, 0.2) is 47.7 Å². The van der Waals surface area contributed by atoms with Crippen LogP contribution in [0.1, 0.15) is 0 Å². The minimum atomic E-state index is -0.440. The predicted octanol–water partition coefficient (Wildman–Crippen LogP) is 3.38. The van der Waals surface area contributed by atoms with E-state index in [2.05, 4.69) is 9.97 Å². The Balaban J connectivity index is 2.37. The van der Waals surface area contributed by atoms with Crippen LogP contribution in [-0.4, -0.2) is 9.97 Å². The van der Waals surface area contributed by atoms with Crippen molar-refractivity contribution in [2.45, 2.75) is 0 Å². The van der Waals surface area contributed by atoms with Crippen molar-refractivity contribution < 1.29 is 4.39 Å². The van der Waals surface area contributed by atoms with E-state index in [0.717, 1.165) is 0 Å². The zero-order chi connectivity index (χ0) is 13.4. The van der Waals surface area contributed by atoms with Crippen molar-refractivity contribution >= 4 is 22.4 Å². The molecule has 3 nitrogen and oxygen atoms in total. The molecule has 0 fully saturated rings. The maximum absolute atomic E-state index is 14.0. The number of rotatable bonds is 1. The van der Waals surface area contributed by atoms with Crippen molar-refractivity contribution in [3.05, 3.63) is 64.0 Å². The number of hydrogen-bond acceptors (Lipinski definition) is 2. The zero-order valence-electron chi connectivity index (χ0n) is 9.65. The van der Waals surface area contributed by atoms with Gasteiger partial charge in [0.2, 0.25) is 0 Å². The fourth-order valence-electron chi connectivity index (χ4n) is 2.03. The molecule has 0 radical (unpaired) electrons. The fourth-order valence-corrected chi connectivity index (χ4v) is 2.19. The largest absolute Gasteiger partial charge is 0.328 e. The van der Waals surface area contributed by atoms with E-state index in [4.69, 9.17) is 11.6 Å². The molecule has 1 N–H and O–H groups in total. The quantitative estimate of drug-likeness (QED) is 0.739. The van der Waals surface area contributed by atoms with Gasteiger partial charge in [-0.2, -0.15) is 0 Å².